The number of nitrogens with one attached hydrogen (secondary N) is 1. The third-order valence-corrected chi connectivity index (χ3v) is 5.78. The van der Waals surface area contributed by atoms with Crippen LogP contribution >= 0.6 is 11.6 Å². The lowest BCUT2D eigenvalue weighted by atomic mass is 10.2. The van der Waals surface area contributed by atoms with Crippen molar-refractivity contribution in [1.82, 2.24) is 19.7 Å². The van der Waals surface area contributed by atoms with Crippen LogP contribution < -0.4 is 5.32 Å². The van der Waals surface area contributed by atoms with E-state index in [4.69, 9.17) is 11.6 Å². The summed E-state index contributed by atoms with van der Waals surface area (Å²) in [6, 6.07) is 5.49. The number of hydrogen-bond donors (Lipinski definition) is 1. The van der Waals surface area contributed by atoms with Crippen LogP contribution in [0.15, 0.2) is 18.2 Å². The SMILES string of the molecule is Cc1ccc(NC(=O)N2CCCC2c2nnc3n2CCCCC3)cc1Cl. The number of benzene rings is 1. The van der Waals surface area contributed by atoms with Crippen molar-refractivity contribution in [2.24, 2.45) is 0 Å². The van der Waals surface area contributed by atoms with Gasteiger partial charge in [0.05, 0.1) is 6.04 Å². The lowest BCUT2D eigenvalue weighted by Gasteiger charge is -2.25. The van der Waals surface area contributed by atoms with Gasteiger partial charge in [-0.1, -0.05) is 24.1 Å². The molecule has 4 rings (SSSR count). The van der Waals surface area contributed by atoms with E-state index in [0.29, 0.717) is 5.02 Å². The number of fused-ring (bicyclic) bond motifs is 1. The molecule has 0 radical (unpaired) electrons. The third-order valence-electron chi connectivity index (χ3n) is 5.37. The molecule has 1 fully saturated rings. The van der Waals surface area contributed by atoms with E-state index < -0.39 is 0 Å². The Morgan fingerprint density at radius 1 is 1.19 bits per heavy atom. The van der Waals surface area contributed by atoms with Gasteiger partial charge in [0.15, 0.2) is 5.82 Å². The third kappa shape index (κ3) is 3.30. The van der Waals surface area contributed by atoms with Crippen LogP contribution in [0.25, 0.3) is 0 Å². The Labute approximate surface area is 158 Å². The summed E-state index contributed by atoms with van der Waals surface area (Å²) in [5.74, 6) is 2.01. The van der Waals surface area contributed by atoms with Gasteiger partial charge in [-0.2, -0.15) is 0 Å². The fourth-order valence-electron chi connectivity index (χ4n) is 3.90. The minimum absolute atomic E-state index is 0.00438. The van der Waals surface area contributed by atoms with Crippen molar-refractivity contribution >= 4 is 23.3 Å². The molecule has 3 heterocycles. The Balaban J connectivity index is 1.54. The molecule has 0 aliphatic carbocycles. The average molecular weight is 374 g/mol. The van der Waals surface area contributed by atoms with E-state index in [9.17, 15) is 4.79 Å². The Hall–Kier alpha value is -2.08. The Kier molecular flexibility index (Phi) is 4.85. The highest BCUT2D eigenvalue weighted by Gasteiger charge is 2.34. The molecular weight excluding hydrogens is 350 g/mol. The second kappa shape index (κ2) is 7.27. The van der Waals surface area contributed by atoms with Crippen LogP contribution in [0.3, 0.4) is 0 Å². The van der Waals surface area contributed by atoms with Gasteiger partial charge in [-0.3, -0.25) is 0 Å². The molecule has 7 heteroatoms. The second-order valence-corrected chi connectivity index (χ2v) is 7.59. The van der Waals surface area contributed by atoms with Crippen molar-refractivity contribution < 1.29 is 4.79 Å². The molecule has 0 bridgehead atoms. The molecule has 1 atom stereocenters. The topological polar surface area (TPSA) is 63.1 Å². The number of anilines is 1. The molecule has 1 N–H and O–H groups in total. The molecule has 1 saturated heterocycles. The number of aryl methyl sites for hydroxylation is 2. The molecule has 2 aliphatic heterocycles. The van der Waals surface area contributed by atoms with Gasteiger partial charge in [-0.25, -0.2) is 4.79 Å². The zero-order chi connectivity index (χ0) is 18.1. The van der Waals surface area contributed by atoms with Crippen LogP contribution in [0.4, 0.5) is 10.5 Å². The largest absolute Gasteiger partial charge is 0.322 e. The van der Waals surface area contributed by atoms with E-state index >= 15 is 0 Å². The second-order valence-electron chi connectivity index (χ2n) is 7.18. The smallest absolute Gasteiger partial charge is 0.314 e. The van der Waals surface area contributed by atoms with Crippen LogP contribution in [0, 0.1) is 6.92 Å². The van der Waals surface area contributed by atoms with Crippen LogP contribution in [0.2, 0.25) is 5.02 Å². The summed E-state index contributed by atoms with van der Waals surface area (Å²) in [7, 11) is 0. The first-order valence-corrected chi connectivity index (χ1v) is 9.77. The molecule has 138 valence electrons. The first kappa shape index (κ1) is 17.3. The molecule has 0 spiro atoms. The predicted molar refractivity (Wildman–Crippen MR) is 101 cm³/mol. The monoisotopic (exact) mass is 373 g/mol. The number of amides is 2. The number of likely N-dealkylation sites (tertiary alicyclic amines) is 1. The van der Waals surface area contributed by atoms with E-state index in [-0.39, 0.29) is 12.1 Å². The minimum atomic E-state index is -0.0987. The van der Waals surface area contributed by atoms with Crippen LogP contribution in [-0.2, 0) is 13.0 Å². The molecule has 2 amide bonds. The van der Waals surface area contributed by atoms with Crippen LogP contribution in [0.5, 0.6) is 0 Å². The van der Waals surface area contributed by atoms with E-state index in [0.717, 1.165) is 61.7 Å². The van der Waals surface area contributed by atoms with E-state index in [2.05, 4.69) is 20.1 Å². The zero-order valence-corrected chi connectivity index (χ0v) is 15.8. The van der Waals surface area contributed by atoms with Crippen molar-refractivity contribution in [1.29, 1.82) is 0 Å². The molecule has 26 heavy (non-hydrogen) atoms. The molecule has 0 saturated carbocycles. The zero-order valence-electron chi connectivity index (χ0n) is 15.0. The Bertz CT molecular complexity index is 818. The van der Waals surface area contributed by atoms with Crippen LogP contribution in [0.1, 0.15) is 55.4 Å². The number of nitrogens with zero attached hydrogens (tertiary/aromatic N) is 4. The predicted octanol–water partition coefficient (Wildman–Crippen LogP) is 4.34. The van der Waals surface area contributed by atoms with Crippen molar-refractivity contribution in [3.05, 3.63) is 40.4 Å². The number of carbonyl (C=O) groups excluding carboxylic acids is 1. The summed E-state index contributed by atoms with van der Waals surface area (Å²) in [6.07, 6.45) is 6.44. The summed E-state index contributed by atoms with van der Waals surface area (Å²) in [6.45, 7) is 3.64. The van der Waals surface area contributed by atoms with Gasteiger partial charge in [0, 0.05) is 30.2 Å². The van der Waals surface area contributed by atoms with Crippen molar-refractivity contribution in [3.63, 3.8) is 0 Å². The molecule has 1 unspecified atom stereocenters. The van der Waals surface area contributed by atoms with Crippen molar-refractivity contribution in [2.45, 2.75) is 58.0 Å². The summed E-state index contributed by atoms with van der Waals surface area (Å²) in [5, 5.41) is 12.5. The highest BCUT2D eigenvalue weighted by atomic mass is 35.5. The number of aromatic nitrogens is 3. The fraction of sp³-hybridized carbons (Fsp3) is 0.526. The normalized spacial score (nSPS) is 19.9. The number of urea groups is 1. The maximum atomic E-state index is 12.9. The van der Waals surface area contributed by atoms with Gasteiger partial charge >= 0.3 is 6.03 Å². The van der Waals surface area contributed by atoms with Crippen molar-refractivity contribution in [3.8, 4) is 0 Å². The first-order valence-electron chi connectivity index (χ1n) is 9.39. The first-order chi connectivity index (χ1) is 12.6. The fourth-order valence-corrected chi connectivity index (χ4v) is 4.08. The van der Waals surface area contributed by atoms with E-state index in [1.54, 1.807) is 6.07 Å². The van der Waals surface area contributed by atoms with E-state index in [1.165, 1.54) is 12.8 Å². The molecule has 1 aromatic carbocycles. The van der Waals surface area contributed by atoms with Gasteiger partial charge in [0.2, 0.25) is 0 Å². The molecule has 2 aliphatic rings. The lowest BCUT2D eigenvalue weighted by Crippen LogP contribution is -2.35. The molecule has 1 aromatic heterocycles. The highest BCUT2D eigenvalue weighted by Crippen LogP contribution is 2.33. The quantitative estimate of drug-likeness (QED) is 0.851. The minimum Gasteiger partial charge on any atom is -0.314 e. The number of carbonyl (C=O) groups is 1. The maximum Gasteiger partial charge on any atom is 0.322 e. The van der Waals surface area contributed by atoms with Gasteiger partial charge < -0.3 is 14.8 Å². The molecule has 2 aromatic rings. The number of rotatable bonds is 2. The molecular formula is C19H24ClN5O. The van der Waals surface area contributed by atoms with Gasteiger partial charge in [-0.05, 0) is 50.3 Å². The summed E-state index contributed by atoms with van der Waals surface area (Å²) < 4.78 is 2.24. The standard InChI is InChI=1S/C19H24ClN5O/c1-13-8-9-14(12-15(13)20)21-19(26)24-11-5-6-16(24)18-23-22-17-7-3-2-4-10-25(17)18/h8-9,12,16H,2-7,10-11H2,1H3,(H,21,26). The van der Waals surface area contributed by atoms with Crippen LogP contribution in [-0.4, -0.2) is 32.2 Å². The number of hydrogen-bond acceptors (Lipinski definition) is 3. The van der Waals surface area contributed by atoms with Gasteiger partial charge in [-0.15, -0.1) is 10.2 Å². The van der Waals surface area contributed by atoms with Crippen molar-refractivity contribution in [2.75, 3.05) is 11.9 Å². The van der Waals surface area contributed by atoms with E-state index in [1.807, 2.05) is 24.0 Å². The Morgan fingerprint density at radius 2 is 2.08 bits per heavy atom. The lowest BCUT2D eigenvalue weighted by molar-refractivity contribution is 0.203. The van der Waals surface area contributed by atoms with Gasteiger partial charge in [0.25, 0.3) is 0 Å². The highest BCUT2D eigenvalue weighted by molar-refractivity contribution is 6.31. The maximum absolute atomic E-state index is 12.9. The molecule has 6 nitrogen and oxygen atoms in total. The summed E-state index contributed by atoms with van der Waals surface area (Å²) in [5.41, 5.74) is 1.71. The Morgan fingerprint density at radius 3 is 2.92 bits per heavy atom. The summed E-state index contributed by atoms with van der Waals surface area (Å²) >= 11 is 6.18. The number of halogens is 1. The average Bonchev–Trinajstić information content (AvgIpc) is 3.19. The van der Waals surface area contributed by atoms with Gasteiger partial charge in [0.1, 0.15) is 5.82 Å². The summed E-state index contributed by atoms with van der Waals surface area (Å²) in [4.78, 5) is 14.8.